The molecular weight excluding hydrogens is 638 g/mol. The number of amides is 3. The van der Waals surface area contributed by atoms with Crippen LogP contribution in [0, 0.1) is 33.8 Å². The van der Waals surface area contributed by atoms with Crippen molar-refractivity contribution in [3.63, 3.8) is 0 Å². The lowest BCUT2D eigenvalue weighted by Crippen LogP contribution is -2.50. The van der Waals surface area contributed by atoms with E-state index in [0.29, 0.717) is 5.56 Å². The fourth-order valence-electron chi connectivity index (χ4n) is 5.47. The van der Waals surface area contributed by atoms with Gasteiger partial charge in [0.1, 0.15) is 0 Å². The largest absolute Gasteiger partial charge is 0.273 e. The molecule has 3 aliphatic rings. The minimum absolute atomic E-state index is 0.00303. The zero-order valence-corrected chi connectivity index (χ0v) is 22.3. The van der Waals surface area contributed by atoms with Gasteiger partial charge in [-0.15, -0.1) is 0 Å². The van der Waals surface area contributed by atoms with Gasteiger partial charge in [0.2, 0.25) is 0 Å². The van der Waals surface area contributed by atoms with Gasteiger partial charge in [0.25, 0.3) is 23.4 Å². The zero-order valence-electron chi connectivity index (χ0n) is 17.5. The van der Waals surface area contributed by atoms with Crippen molar-refractivity contribution >= 4 is 71.2 Å². The number of non-ortho nitro benzene ring substituents is 1. The Balaban J connectivity index is 1.53. The molecule has 2 aromatic carbocycles. The van der Waals surface area contributed by atoms with E-state index in [-0.39, 0.29) is 51.1 Å². The number of halogens is 3. The molecule has 0 spiro atoms. The summed E-state index contributed by atoms with van der Waals surface area (Å²) in [5.74, 6) is -2.38. The molecule has 1 saturated heterocycles. The third-order valence-electron chi connectivity index (χ3n) is 6.99. The number of carbonyl (C=O) groups excluding carboxylic acids is 3. The maximum absolute atomic E-state index is 13.6. The lowest BCUT2D eigenvalue weighted by Gasteiger charge is -2.31. The van der Waals surface area contributed by atoms with Crippen LogP contribution in [0.25, 0.3) is 0 Å². The first kappa shape index (κ1) is 23.6. The molecule has 1 aliphatic heterocycles. The van der Waals surface area contributed by atoms with E-state index in [1.165, 1.54) is 18.2 Å². The van der Waals surface area contributed by atoms with Crippen LogP contribution in [0.5, 0.6) is 0 Å². The van der Waals surface area contributed by atoms with E-state index in [4.69, 9.17) is 0 Å². The number of benzene rings is 2. The molecule has 0 radical (unpaired) electrons. The fraction of sp³-hybridized carbons (Fsp3) is 0.348. The minimum Gasteiger partial charge on any atom is -0.272 e. The number of hydrazine groups is 1. The molecule has 1 heterocycles. The van der Waals surface area contributed by atoms with Crippen LogP contribution in [-0.4, -0.2) is 42.3 Å². The smallest absolute Gasteiger partial charge is 0.272 e. The molecule has 2 aliphatic carbocycles. The Kier molecular flexibility index (Phi) is 6.14. The average molecular weight is 656 g/mol. The lowest BCUT2D eigenvalue weighted by atomic mass is 9.81. The monoisotopic (exact) mass is 653 g/mol. The van der Waals surface area contributed by atoms with E-state index in [1.54, 1.807) is 24.3 Å². The predicted octanol–water partition coefficient (Wildman–Crippen LogP) is 4.69. The minimum atomic E-state index is -0.647. The zero-order chi connectivity index (χ0) is 24.3. The highest BCUT2D eigenvalue weighted by Gasteiger charge is 2.67. The van der Waals surface area contributed by atoms with Gasteiger partial charge in [0.15, 0.2) is 0 Å². The van der Waals surface area contributed by atoms with Crippen molar-refractivity contribution in [2.24, 2.45) is 23.7 Å². The average Bonchev–Trinajstić information content (AvgIpc) is 3.43. The third kappa shape index (κ3) is 3.72. The molecule has 176 valence electrons. The van der Waals surface area contributed by atoms with Gasteiger partial charge in [-0.2, -0.15) is 5.01 Å². The van der Waals surface area contributed by atoms with Crippen LogP contribution in [-0.2, 0) is 16.1 Å². The fourth-order valence-corrected chi connectivity index (χ4v) is 7.61. The molecule has 0 unspecified atom stereocenters. The van der Waals surface area contributed by atoms with Gasteiger partial charge < -0.3 is 0 Å². The van der Waals surface area contributed by atoms with Crippen molar-refractivity contribution < 1.29 is 19.3 Å². The summed E-state index contributed by atoms with van der Waals surface area (Å²) in [6, 6.07) is 12.5. The Hall–Kier alpha value is -2.11. The molecule has 6 atom stereocenters. The molecule has 11 heteroatoms. The van der Waals surface area contributed by atoms with Crippen LogP contribution < -0.4 is 0 Å². The summed E-state index contributed by atoms with van der Waals surface area (Å²) in [5.41, 5.74) is 0.496. The van der Waals surface area contributed by atoms with Crippen molar-refractivity contribution in [1.82, 2.24) is 10.0 Å². The highest BCUT2D eigenvalue weighted by Crippen LogP contribution is 2.60. The van der Waals surface area contributed by atoms with Crippen molar-refractivity contribution in [2.45, 2.75) is 22.6 Å². The summed E-state index contributed by atoms with van der Waals surface area (Å²) in [4.78, 5) is 51.6. The predicted molar refractivity (Wildman–Crippen MR) is 133 cm³/mol. The van der Waals surface area contributed by atoms with Gasteiger partial charge >= 0.3 is 0 Å². The number of rotatable bonds is 5. The molecule has 34 heavy (non-hydrogen) atoms. The Labute approximate surface area is 220 Å². The molecule has 0 N–H and O–H groups in total. The molecule has 0 aromatic heterocycles. The van der Waals surface area contributed by atoms with Gasteiger partial charge in [0.05, 0.1) is 23.3 Å². The van der Waals surface area contributed by atoms with Gasteiger partial charge in [-0.3, -0.25) is 24.5 Å². The highest BCUT2D eigenvalue weighted by molar-refractivity contribution is 9.12. The third-order valence-corrected chi connectivity index (χ3v) is 10.7. The van der Waals surface area contributed by atoms with E-state index in [9.17, 15) is 24.5 Å². The Bertz CT molecular complexity index is 1170. The molecular formula is C23H18Br3N3O5. The van der Waals surface area contributed by atoms with Crippen LogP contribution in [0.2, 0.25) is 0 Å². The highest BCUT2D eigenvalue weighted by atomic mass is 79.9. The second-order valence-corrected chi connectivity index (χ2v) is 11.8. The Morgan fingerprint density at radius 3 is 2.18 bits per heavy atom. The van der Waals surface area contributed by atoms with Crippen LogP contribution in [0.15, 0.2) is 53.0 Å². The number of alkyl halides is 2. The lowest BCUT2D eigenvalue weighted by molar-refractivity contribution is -0.384. The Morgan fingerprint density at radius 2 is 1.62 bits per heavy atom. The maximum Gasteiger partial charge on any atom is 0.273 e. The van der Waals surface area contributed by atoms with Crippen molar-refractivity contribution in [3.8, 4) is 0 Å². The van der Waals surface area contributed by atoms with Crippen molar-refractivity contribution in [3.05, 3.63) is 74.2 Å². The number of hydrogen-bond donors (Lipinski definition) is 0. The van der Waals surface area contributed by atoms with Crippen molar-refractivity contribution in [1.29, 1.82) is 0 Å². The van der Waals surface area contributed by atoms with Crippen LogP contribution in [0.3, 0.4) is 0 Å². The van der Waals surface area contributed by atoms with Gasteiger partial charge in [-0.25, -0.2) is 5.01 Å². The molecule has 2 aromatic rings. The second kappa shape index (κ2) is 8.83. The second-order valence-electron chi connectivity index (χ2n) is 8.79. The van der Waals surface area contributed by atoms with E-state index in [2.05, 4.69) is 47.8 Å². The topological polar surface area (TPSA) is 101 Å². The number of hydrogen-bond acceptors (Lipinski definition) is 5. The maximum atomic E-state index is 13.6. The van der Waals surface area contributed by atoms with E-state index in [1.807, 2.05) is 0 Å². The number of nitro benzene ring substituents is 1. The molecule has 5 rings (SSSR count). The van der Waals surface area contributed by atoms with Gasteiger partial charge in [-0.1, -0.05) is 66.0 Å². The van der Waals surface area contributed by atoms with Crippen LogP contribution in [0.1, 0.15) is 22.3 Å². The van der Waals surface area contributed by atoms with Crippen LogP contribution in [0.4, 0.5) is 5.69 Å². The number of fused-ring (bicyclic) bond motifs is 5. The van der Waals surface area contributed by atoms with Gasteiger partial charge in [0, 0.05) is 31.8 Å². The number of nitro groups is 1. The number of carbonyl (C=O) groups is 3. The van der Waals surface area contributed by atoms with E-state index >= 15 is 0 Å². The van der Waals surface area contributed by atoms with E-state index < -0.39 is 22.7 Å². The van der Waals surface area contributed by atoms with Gasteiger partial charge in [-0.05, 0) is 42.0 Å². The standard InChI is InChI=1S/C23H18Br3N3O5/c24-13-6-4-11(5-7-13)10-27(21(30)12-2-1-3-14(8-12)29(33)34)28-22(31)17-15-9-16(18(17)23(28)32)20(26)19(15)25/h1-8,15-20H,9-10H2/t15-,16-,17-,18-,19+,20+/m1/s1. The number of imide groups is 1. The summed E-state index contributed by atoms with van der Waals surface area (Å²) in [5, 5.41) is 13.4. The Morgan fingerprint density at radius 1 is 1.03 bits per heavy atom. The first-order chi connectivity index (χ1) is 16.2. The summed E-state index contributed by atoms with van der Waals surface area (Å²) < 4.78 is 0.846. The van der Waals surface area contributed by atoms with E-state index in [0.717, 1.165) is 27.0 Å². The molecule has 2 saturated carbocycles. The summed E-state index contributed by atoms with van der Waals surface area (Å²) in [7, 11) is 0. The SMILES string of the molecule is O=C(c1cccc([N+](=O)[O-])c1)N(Cc1ccc(Br)cc1)N1C(=O)[C@@H]2[C@H]3C[C@@H]([C@H](Br)[C@H]3Br)[C@H]2C1=O. The van der Waals surface area contributed by atoms with Crippen molar-refractivity contribution in [2.75, 3.05) is 0 Å². The summed E-state index contributed by atoms with van der Waals surface area (Å²) >= 11 is 10.7. The molecule has 8 nitrogen and oxygen atoms in total. The summed E-state index contributed by atoms with van der Waals surface area (Å²) in [6.45, 7) is -0.0312. The summed E-state index contributed by atoms with van der Waals surface area (Å²) in [6.07, 6.45) is 0.776. The quantitative estimate of drug-likeness (QED) is 0.201. The molecule has 3 amide bonds. The van der Waals surface area contributed by atoms with Crippen LogP contribution >= 0.6 is 47.8 Å². The first-order valence-electron chi connectivity index (χ1n) is 10.7. The first-order valence-corrected chi connectivity index (χ1v) is 13.3. The molecule has 2 bridgehead atoms. The normalized spacial score (nSPS) is 29.4. The number of nitrogens with zero attached hydrogens (tertiary/aromatic N) is 3. The molecule has 3 fully saturated rings.